The van der Waals surface area contributed by atoms with Crippen molar-refractivity contribution in [2.24, 2.45) is 0 Å². The van der Waals surface area contributed by atoms with Crippen molar-refractivity contribution in [1.29, 1.82) is 0 Å². The van der Waals surface area contributed by atoms with Crippen molar-refractivity contribution in [2.45, 2.75) is 0 Å². The lowest BCUT2D eigenvalue weighted by Gasteiger charge is -1.99. The number of benzene rings is 2. The Labute approximate surface area is 101 Å². The van der Waals surface area contributed by atoms with Crippen molar-refractivity contribution < 1.29 is 13.9 Å². The van der Waals surface area contributed by atoms with Gasteiger partial charge in [-0.3, -0.25) is 0 Å². The fourth-order valence-electron chi connectivity index (χ4n) is 1.81. The SMILES string of the molecule is Oc1ccc2nc(-c3cccc(F)c3F)[nH]c2c1. The van der Waals surface area contributed by atoms with E-state index in [4.69, 9.17) is 0 Å². The van der Waals surface area contributed by atoms with Crippen LogP contribution in [0.15, 0.2) is 36.4 Å². The van der Waals surface area contributed by atoms with Crippen LogP contribution in [0, 0.1) is 11.6 Å². The van der Waals surface area contributed by atoms with E-state index < -0.39 is 11.6 Å². The third-order valence-corrected chi connectivity index (χ3v) is 2.67. The van der Waals surface area contributed by atoms with Gasteiger partial charge in [0.05, 0.1) is 16.6 Å². The molecule has 3 nitrogen and oxygen atoms in total. The summed E-state index contributed by atoms with van der Waals surface area (Å²) in [4.78, 5) is 7.00. The minimum Gasteiger partial charge on any atom is -0.508 e. The number of nitrogens with one attached hydrogen (secondary N) is 1. The zero-order valence-corrected chi connectivity index (χ0v) is 9.11. The second kappa shape index (κ2) is 3.80. The third-order valence-electron chi connectivity index (χ3n) is 2.67. The minimum absolute atomic E-state index is 0.0608. The largest absolute Gasteiger partial charge is 0.508 e. The van der Waals surface area contributed by atoms with Crippen LogP contribution in [-0.2, 0) is 0 Å². The Morgan fingerprint density at radius 3 is 2.78 bits per heavy atom. The number of aromatic amines is 1. The van der Waals surface area contributed by atoms with Crippen LogP contribution in [0.25, 0.3) is 22.4 Å². The van der Waals surface area contributed by atoms with Crippen molar-refractivity contribution >= 4 is 11.0 Å². The van der Waals surface area contributed by atoms with Crippen molar-refractivity contribution in [2.75, 3.05) is 0 Å². The molecule has 0 radical (unpaired) electrons. The summed E-state index contributed by atoms with van der Waals surface area (Å²) in [7, 11) is 0. The molecule has 0 fully saturated rings. The predicted octanol–water partition coefficient (Wildman–Crippen LogP) is 3.21. The van der Waals surface area contributed by atoms with Crippen molar-refractivity contribution in [3.63, 3.8) is 0 Å². The standard InChI is InChI=1S/C13H8F2N2O/c14-9-3-1-2-8(12(9)15)13-16-10-5-4-7(18)6-11(10)17-13/h1-6,18H,(H,16,17). The van der Waals surface area contributed by atoms with Crippen molar-refractivity contribution in [3.05, 3.63) is 48.0 Å². The Morgan fingerprint density at radius 2 is 1.94 bits per heavy atom. The Kier molecular flexibility index (Phi) is 2.26. The highest BCUT2D eigenvalue weighted by Crippen LogP contribution is 2.25. The normalized spacial score (nSPS) is 11.0. The molecule has 0 unspecified atom stereocenters. The lowest BCUT2D eigenvalue weighted by atomic mass is 10.2. The summed E-state index contributed by atoms with van der Waals surface area (Å²) in [6.45, 7) is 0. The van der Waals surface area contributed by atoms with Crippen LogP contribution in [-0.4, -0.2) is 15.1 Å². The van der Waals surface area contributed by atoms with Gasteiger partial charge in [-0.1, -0.05) is 6.07 Å². The summed E-state index contributed by atoms with van der Waals surface area (Å²) in [5.74, 6) is -1.55. The number of imidazole rings is 1. The maximum atomic E-state index is 13.6. The molecule has 1 aromatic heterocycles. The highest BCUT2D eigenvalue weighted by Gasteiger charge is 2.13. The summed E-state index contributed by atoms with van der Waals surface area (Å²) in [6.07, 6.45) is 0. The third kappa shape index (κ3) is 1.60. The van der Waals surface area contributed by atoms with Gasteiger partial charge in [-0.05, 0) is 24.3 Å². The van der Waals surface area contributed by atoms with Crippen LogP contribution in [0.2, 0.25) is 0 Å². The van der Waals surface area contributed by atoms with E-state index in [1.165, 1.54) is 24.3 Å². The Morgan fingerprint density at radius 1 is 1.11 bits per heavy atom. The molecule has 3 aromatic rings. The molecule has 0 saturated heterocycles. The van der Waals surface area contributed by atoms with Crippen molar-refractivity contribution in [3.8, 4) is 17.1 Å². The molecule has 18 heavy (non-hydrogen) atoms. The maximum Gasteiger partial charge on any atom is 0.169 e. The van der Waals surface area contributed by atoms with Gasteiger partial charge < -0.3 is 10.1 Å². The Hall–Kier alpha value is -2.43. The number of aromatic hydroxyl groups is 1. The molecule has 0 atom stereocenters. The van der Waals surface area contributed by atoms with Crippen LogP contribution in [0.4, 0.5) is 8.78 Å². The highest BCUT2D eigenvalue weighted by molar-refractivity contribution is 5.80. The van der Waals surface area contributed by atoms with E-state index in [2.05, 4.69) is 9.97 Å². The number of nitrogens with zero attached hydrogens (tertiary/aromatic N) is 1. The predicted molar refractivity (Wildman–Crippen MR) is 63.1 cm³/mol. The van der Waals surface area contributed by atoms with E-state index in [0.717, 1.165) is 6.07 Å². The average Bonchev–Trinajstić information content (AvgIpc) is 2.75. The topological polar surface area (TPSA) is 48.9 Å². The van der Waals surface area contributed by atoms with E-state index in [0.29, 0.717) is 11.0 Å². The van der Waals surface area contributed by atoms with E-state index in [9.17, 15) is 13.9 Å². The van der Waals surface area contributed by atoms with Gasteiger partial charge in [-0.15, -0.1) is 0 Å². The van der Waals surface area contributed by atoms with Crippen LogP contribution in [0.5, 0.6) is 5.75 Å². The summed E-state index contributed by atoms with van der Waals surface area (Å²) < 4.78 is 26.7. The second-order valence-electron chi connectivity index (χ2n) is 3.89. The van der Waals surface area contributed by atoms with Gasteiger partial charge in [0, 0.05) is 6.07 Å². The lowest BCUT2D eigenvalue weighted by Crippen LogP contribution is -1.90. The first kappa shape index (κ1) is 10.7. The van der Waals surface area contributed by atoms with Crippen molar-refractivity contribution in [1.82, 2.24) is 9.97 Å². The smallest absolute Gasteiger partial charge is 0.169 e. The number of halogens is 2. The number of hydrogen-bond acceptors (Lipinski definition) is 2. The molecule has 0 bridgehead atoms. The van der Waals surface area contributed by atoms with Gasteiger partial charge in [0.15, 0.2) is 11.6 Å². The van der Waals surface area contributed by atoms with Gasteiger partial charge in [0.25, 0.3) is 0 Å². The summed E-state index contributed by atoms with van der Waals surface area (Å²) in [5.41, 5.74) is 1.20. The minimum atomic E-state index is -0.944. The molecule has 0 amide bonds. The first-order chi connectivity index (χ1) is 8.65. The first-order valence-electron chi connectivity index (χ1n) is 5.28. The number of aromatic nitrogens is 2. The first-order valence-corrected chi connectivity index (χ1v) is 5.28. The number of phenolic OH excluding ortho intramolecular Hbond substituents is 1. The fourth-order valence-corrected chi connectivity index (χ4v) is 1.81. The van der Waals surface area contributed by atoms with E-state index in [-0.39, 0.29) is 17.1 Å². The van der Waals surface area contributed by atoms with Gasteiger partial charge >= 0.3 is 0 Å². The van der Waals surface area contributed by atoms with Gasteiger partial charge in [-0.2, -0.15) is 0 Å². The second-order valence-corrected chi connectivity index (χ2v) is 3.89. The van der Waals surface area contributed by atoms with E-state index >= 15 is 0 Å². The molecular weight excluding hydrogens is 238 g/mol. The lowest BCUT2D eigenvalue weighted by molar-refractivity contribution is 0.476. The van der Waals surface area contributed by atoms with E-state index in [1.807, 2.05) is 0 Å². The number of rotatable bonds is 1. The molecule has 0 spiro atoms. The fraction of sp³-hybridized carbons (Fsp3) is 0. The van der Waals surface area contributed by atoms with Gasteiger partial charge in [0.1, 0.15) is 11.6 Å². The van der Waals surface area contributed by atoms with Crippen LogP contribution >= 0.6 is 0 Å². The Bertz CT molecular complexity index is 737. The van der Waals surface area contributed by atoms with Crippen LogP contribution in [0.3, 0.4) is 0 Å². The molecule has 90 valence electrons. The van der Waals surface area contributed by atoms with Gasteiger partial charge in [0.2, 0.25) is 0 Å². The molecule has 0 aliphatic carbocycles. The Balaban J connectivity index is 2.22. The molecule has 2 aromatic carbocycles. The molecule has 0 aliphatic rings. The monoisotopic (exact) mass is 246 g/mol. The maximum absolute atomic E-state index is 13.6. The molecule has 0 aliphatic heterocycles. The molecule has 5 heteroatoms. The summed E-state index contributed by atoms with van der Waals surface area (Å²) in [6, 6.07) is 8.46. The zero-order valence-electron chi connectivity index (χ0n) is 9.11. The molecule has 3 rings (SSSR count). The zero-order chi connectivity index (χ0) is 12.7. The molecule has 2 N–H and O–H groups in total. The average molecular weight is 246 g/mol. The number of H-pyrrole nitrogens is 1. The van der Waals surface area contributed by atoms with E-state index in [1.54, 1.807) is 6.07 Å². The molecule has 0 saturated carbocycles. The number of phenols is 1. The van der Waals surface area contributed by atoms with Gasteiger partial charge in [-0.25, -0.2) is 13.8 Å². The van der Waals surface area contributed by atoms with Crippen LogP contribution < -0.4 is 0 Å². The van der Waals surface area contributed by atoms with Crippen LogP contribution in [0.1, 0.15) is 0 Å². The summed E-state index contributed by atoms with van der Waals surface area (Å²) in [5, 5.41) is 9.33. The number of fused-ring (bicyclic) bond motifs is 1. The summed E-state index contributed by atoms with van der Waals surface area (Å²) >= 11 is 0. The highest BCUT2D eigenvalue weighted by atomic mass is 19.2. The number of hydrogen-bond donors (Lipinski definition) is 2. The molecule has 1 heterocycles. The molecular formula is C13H8F2N2O. The quantitative estimate of drug-likeness (QED) is 0.692.